The zero-order chi connectivity index (χ0) is 17.7. The molecule has 0 aromatic carbocycles. The Morgan fingerprint density at radius 2 is 1.78 bits per heavy atom. The summed E-state index contributed by atoms with van der Waals surface area (Å²) in [6.07, 6.45) is -1.70. The minimum absolute atomic E-state index is 0.103. The van der Waals surface area contributed by atoms with E-state index in [0.29, 0.717) is 0 Å². The third-order valence-corrected chi connectivity index (χ3v) is 3.62. The highest BCUT2D eigenvalue weighted by Gasteiger charge is 2.46. The molecule has 1 aliphatic rings. The second-order valence-corrected chi connectivity index (χ2v) is 5.56. The van der Waals surface area contributed by atoms with Gasteiger partial charge in [0.25, 0.3) is 0 Å². The van der Waals surface area contributed by atoms with Crippen LogP contribution in [-0.4, -0.2) is 67.7 Å². The van der Waals surface area contributed by atoms with Crippen molar-refractivity contribution in [2.45, 2.75) is 39.0 Å². The quantitative estimate of drug-likeness (QED) is 0.638. The van der Waals surface area contributed by atoms with E-state index in [-0.39, 0.29) is 18.2 Å². The SMILES string of the molecule is COC(=O)NC(C(=O)N1C(C(=O)OC)CNC1C(C)=O)C(C)C. The molecule has 0 aromatic rings. The highest BCUT2D eigenvalue weighted by molar-refractivity contribution is 5.95. The van der Waals surface area contributed by atoms with E-state index in [1.165, 1.54) is 21.1 Å². The van der Waals surface area contributed by atoms with Gasteiger partial charge >= 0.3 is 12.1 Å². The largest absolute Gasteiger partial charge is 0.467 e. The summed E-state index contributed by atoms with van der Waals surface area (Å²) < 4.78 is 9.21. The van der Waals surface area contributed by atoms with Gasteiger partial charge in [0, 0.05) is 6.54 Å². The van der Waals surface area contributed by atoms with Gasteiger partial charge in [-0.1, -0.05) is 13.8 Å². The molecule has 1 saturated heterocycles. The van der Waals surface area contributed by atoms with E-state index in [1.54, 1.807) is 13.8 Å². The molecule has 0 aliphatic carbocycles. The Hall–Kier alpha value is -2.16. The van der Waals surface area contributed by atoms with Crippen LogP contribution in [0.4, 0.5) is 4.79 Å². The van der Waals surface area contributed by atoms with Gasteiger partial charge in [0.05, 0.1) is 14.2 Å². The lowest BCUT2D eigenvalue weighted by molar-refractivity contribution is -0.154. The van der Waals surface area contributed by atoms with E-state index in [4.69, 9.17) is 0 Å². The minimum Gasteiger partial charge on any atom is -0.467 e. The molecule has 1 rings (SSSR count). The number of methoxy groups -OCH3 is 2. The molecule has 9 nitrogen and oxygen atoms in total. The van der Waals surface area contributed by atoms with Crippen molar-refractivity contribution in [3.05, 3.63) is 0 Å². The third-order valence-electron chi connectivity index (χ3n) is 3.62. The fourth-order valence-electron chi connectivity index (χ4n) is 2.41. The van der Waals surface area contributed by atoms with Crippen molar-refractivity contribution >= 4 is 23.8 Å². The van der Waals surface area contributed by atoms with Crippen LogP contribution in [0, 0.1) is 5.92 Å². The summed E-state index contributed by atoms with van der Waals surface area (Å²) >= 11 is 0. The Morgan fingerprint density at radius 3 is 2.22 bits per heavy atom. The first kappa shape index (κ1) is 18.9. The zero-order valence-electron chi connectivity index (χ0n) is 13.9. The summed E-state index contributed by atoms with van der Waals surface area (Å²) in [5, 5.41) is 5.26. The van der Waals surface area contributed by atoms with Gasteiger partial charge in [-0.05, 0) is 12.8 Å². The number of carbonyl (C=O) groups excluding carboxylic acids is 4. The maximum absolute atomic E-state index is 12.8. The number of hydrogen-bond donors (Lipinski definition) is 2. The molecular weight excluding hydrogens is 306 g/mol. The molecule has 1 aliphatic heterocycles. The molecule has 130 valence electrons. The van der Waals surface area contributed by atoms with Crippen LogP contribution in [0.1, 0.15) is 20.8 Å². The minimum atomic E-state index is -0.938. The molecular formula is C14H23N3O6. The molecule has 3 atom stereocenters. The second kappa shape index (κ2) is 7.91. The van der Waals surface area contributed by atoms with Crippen LogP contribution >= 0.6 is 0 Å². The lowest BCUT2D eigenvalue weighted by Gasteiger charge is -2.31. The predicted molar refractivity (Wildman–Crippen MR) is 79.3 cm³/mol. The van der Waals surface area contributed by atoms with Gasteiger partial charge in [-0.2, -0.15) is 0 Å². The van der Waals surface area contributed by atoms with Crippen LogP contribution in [-0.2, 0) is 23.9 Å². The highest BCUT2D eigenvalue weighted by atomic mass is 16.5. The molecule has 0 aromatic heterocycles. The lowest BCUT2D eigenvalue weighted by Crippen LogP contribution is -2.58. The highest BCUT2D eigenvalue weighted by Crippen LogP contribution is 2.18. The zero-order valence-corrected chi connectivity index (χ0v) is 13.9. The van der Waals surface area contributed by atoms with Crippen molar-refractivity contribution in [2.24, 2.45) is 5.92 Å². The first-order valence-corrected chi connectivity index (χ1v) is 7.22. The summed E-state index contributed by atoms with van der Waals surface area (Å²) in [6, 6.07) is -1.86. The van der Waals surface area contributed by atoms with Crippen LogP contribution in [0.25, 0.3) is 0 Å². The number of ketones is 1. The van der Waals surface area contributed by atoms with Crippen LogP contribution in [0.3, 0.4) is 0 Å². The van der Waals surface area contributed by atoms with E-state index < -0.39 is 36.2 Å². The molecule has 1 heterocycles. The number of amides is 2. The predicted octanol–water partition coefficient (Wildman–Crippen LogP) is -0.744. The van der Waals surface area contributed by atoms with Crippen molar-refractivity contribution in [1.29, 1.82) is 0 Å². The molecule has 0 bridgehead atoms. The van der Waals surface area contributed by atoms with Gasteiger partial charge in [-0.25, -0.2) is 9.59 Å². The summed E-state index contributed by atoms with van der Waals surface area (Å²) in [5.41, 5.74) is 0. The van der Waals surface area contributed by atoms with Gasteiger partial charge in [0.2, 0.25) is 5.91 Å². The number of hydrogen-bond acceptors (Lipinski definition) is 7. The Morgan fingerprint density at radius 1 is 1.17 bits per heavy atom. The van der Waals surface area contributed by atoms with Crippen molar-refractivity contribution in [3.8, 4) is 0 Å². The molecule has 23 heavy (non-hydrogen) atoms. The number of rotatable bonds is 5. The standard InChI is InChI=1S/C14H23N3O6/c1-7(2)10(16-14(21)23-5)12(19)17-9(13(20)22-4)6-15-11(17)8(3)18/h7,9-11,15H,6H2,1-5H3,(H,16,21). The first-order valence-electron chi connectivity index (χ1n) is 7.22. The van der Waals surface area contributed by atoms with Crippen molar-refractivity contribution in [2.75, 3.05) is 20.8 Å². The van der Waals surface area contributed by atoms with E-state index in [9.17, 15) is 19.2 Å². The number of ether oxygens (including phenoxy) is 2. The molecule has 0 saturated carbocycles. The average molecular weight is 329 g/mol. The van der Waals surface area contributed by atoms with Gasteiger partial charge in [-0.3, -0.25) is 14.9 Å². The number of nitrogens with one attached hydrogen (secondary N) is 2. The Kier molecular flexibility index (Phi) is 6.49. The molecule has 2 N–H and O–H groups in total. The molecule has 0 radical (unpaired) electrons. The molecule has 9 heteroatoms. The van der Waals surface area contributed by atoms with Gasteiger partial charge in [0.1, 0.15) is 18.2 Å². The van der Waals surface area contributed by atoms with Gasteiger partial charge in [-0.15, -0.1) is 0 Å². The summed E-state index contributed by atoms with van der Waals surface area (Å²) in [6.45, 7) is 4.89. The lowest BCUT2D eigenvalue weighted by atomic mass is 10.0. The molecule has 1 fully saturated rings. The maximum Gasteiger partial charge on any atom is 0.407 e. The summed E-state index contributed by atoms with van der Waals surface area (Å²) in [7, 11) is 2.39. The fraction of sp³-hybridized carbons (Fsp3) is 0.714. The van der Waals surface area contributed by atoms with Crippen LogP contribution in [0.5, 0.6) is 0 Å². The third kappa shape index (κ3) is 4.19. The Balaban J connectivity index is 3.11. The maximum atomic E-state index is 12.8. The molecule has 2 amide bonds. The van der Waals surface area contributed by atoms with Crippen molar-refractivity contribution in [1.82, 2.24) is 15.5 Å². The van der Waals surface area contributed by atoms with Crippen molar-refractivity contribution in [3.63, 3.8) is 0 Å². The fourth-order valence-corrected chi connectivity index (χ4v) is 2.41. The summed E-state index contributed by atoms with van der Waals surface area (Å²) in [4.78, 5) is 49.1. The number of nitrogens with zero attached hydrogens (tertiary/aromatic N) is 1. The number of Topliss-reactive ketones (excluding diaryl/α,β-unsaturated/α-hetero) is 1. The van der Waals surface area contributed by atoms with Crippen LogP contribution in [0.15, 0.2) is 0 Å². The summed E-state index contributed by atoms with van der Waals surface area (Å²) in [5.74, 6) is -1.76. The van der Waals surface area contributed by atoms with Gasteiger partial charge < -0.3 is 19.7 Å². The Bertz CT molecular complexity index is 493. The molecule has 3 unspecified atom stereocenters. The van der Waals surface area contributed by atoms with E-state index >= 15 is 0 Å². The van der Waals surface area contributed by atoms with E-state index in [0.717, 1.165) is 4.90 Å². The first-order chi connectivity index (χ1) is 10.7. The topological polar surface area (TPSA) is 114 Å². The Labute approximate surface area is 134 Å². The van der Waals surface area contributed by atoms with Crippen molar-refractivity contribution < 1.29 is 28.7 Å². The number of carbonyl (C=O) groups is 4. The van der Waals surface area contributed by atoms with E-state index in [2.05, 4.69) is 20.1 Å². The normalized spacial score (nSPS) is 21.7. The smallest absolute Gasteiger partial charge is 0.407 e. The number of alkyl carbamates (subject to hydrolysis) is 1. The van der Waals surface area contributed by atoms with E-state index in [1.807, 2.05) is 0 Å². The number of esters is 1. The van der Waals surface area contributed by atoms with Crippen LogP contribution in [0.2, 0.25) is 0 Å². The molecule has 0 spiro atoms. The van der Waals surface area contributed by atoms with Crippen LogP contribution < -0.4 is 10.6 Å². The van der Waals surface area contributed by atoms with Gasteiger partial charge in [0.15, 0.2) is 5.78 Å². The average Bonchev–Trinajstić information content (AvgIpc) is 2.95. The second-order valence-electron chi connectivity index (χ2n) is 5.56. The monoisotopic (exact) mass is 329 g/mol.